The summed E-state index contributed by atoms with van der Waals surface area (Å²) in [6.45, 7) is -0.235. The van der Waals surface area contributed by atoms with E-state index in [2.05, 4.69) is 25.5 Å². The third-order valence-electron chi connectivity index (χ3n) is 5.13. The lowest BCUT2D eigenvalue weighted by molar-refractivity contribution is -0.274. The number of carbonyl (C=O) groups is 2. The van der Waals surface area contributed by atoms with Crippen molar-refractivity contribution in [3.63, 3.8) is 0 Å². The van der Waals surface area contributed by atoms with Crippen molar-refractivity contribution in [2.75, 3.05) is 30.5 Å². The average molecular weight is 490 g/mol. The van der Waals surface area contributed by atoms with Crippen LogP contribution in [-0.2, 0) is 16.6 Å². The van der Waals surface area contributed by atoms with Gasteiger partial charge in [-0.05, 0) is 23.8 Å². The number of amides is 3. The molecular weight excluding hydrogens is 469 g/mol. The Morgan fingerprint density at radius 2 is 1.97 bits per heavy atom. The number of nitrogens with zero attached hydrogens (tertiary/aromatic N) is 4. The molecule has 0 bridgehead atoms. The van der Waals surface area contributed by atoms with Gasteiger partial charge in [0.1, 0.15) is 12.3 Å². The van der Waals surface area contributed by atoms with Crippen LogP contribution >= 0.6 is 0 Å². The summed E-state index contributed by atoms with van der Waals surface area (Å²) in [6, 6.07) is 5.42. The summed E-state index contributed by atoms with van der Waals surface area (Å²) in [6.07, 6.45) is 0.200. The first-order valence-electron chi connectivity index (χ1n) is 10.3. The molecule has 3 heterocycles. The number of aromatic nitrogens is 3. The maximum absolute atomic E-state index is 13.1. The van der Waals surface area contributed by atoms with Crippen LogP contribution < -0.4 is 20.3 Å². The molecule has 4 rings (SSSR count). The highest BCUT2D eigenvalue weighted by Crippen LogP contribution is 2.32. The minimum absolute atomic E-state index is 0.0332. The molecular formula is C22H21F3N6O4. The molecule has 0 fully saturated rings. The molecule has 3 aromatic rings. The highest BCUT2D eigenvalue weighted by Gasteiger charge is 2.32. The first-order chi connectivity index (χ1) is 16.6. The van der Waals surface area contributed by atoms with Gasteiger partial charge in [-0.25, -0.2) is 9.78 Å². The minimum Gasteiger partial charge on any atom is -0.406 e. The van der Waals surface area contributed by atoms with Crippen molar-refractivity contribution < 1.29 is 32.2 Å². The Balaban J connectivity index is 1.54. The number of pyridine rings is 1. The molecule has 0 saturated heterocycles. The zero-order chi connectivity index (χ0) is 25.2. The fourth-order valence-electron chi connectivity index (χ4n) is 3.59. The Bertz CT molecular complexity index is 1230. The fourth-order valence-corrected chi connectivity index (χ4v) is 3.59. The molecule has 0 spiro atoms. The molecule has 1 unspecified atom stereocenters. The molecule has 10 nitrogen and oxygen atoms in total. The molecule has 184 valence electrons. The van der Waals surface area contributed by atoms with Crippen LogP contribution in [-0.4, -0.2) is 53.3 Å². The Hall–Kier alpha value is -4.13. The maximum atomic E-state index is 13.1. The van der Waals surface area contributed by atoms with Crippen LogP contribution in [0.1, 0.15) is 11.6 Å². The zero-order valence-electron chi connectivity index (χ0n) is 18.7. The lowest BCUT2D eigenvalue weighted by Crippen LogP contribution is -2.49. The number of urea groups is 1. The molecule has 0 saturated carbocycles. The lowest BCUT2D eigenvalue weighted by Gasteiger charge is -2.30. The number of ether oxygens (including phenoxy) is 2. The molecule has 2 N–H and O–H groups in total. The van der Waals surface area contributed by atoms with Gasteiger partial charge in [-0.2, -0.15) is 5.10 Å². The number of carbonyl (C=O) groups excluding carboxylic acids is 2. The predicted octanol–water partition coefficient (Wildman–Crippen LogP) is 3.24. The van der Waals surface area contributed by atoms with Crippen molar-refractivity contribution in [2.45, 2.75) is 12.4 Å². The van der Waals surface area contributed by atoms with Gasteiger partial charge in [0.05, 0.1) is 24.5 Å². The number of halogens is 3. The van der Waals surface area contributed by atoms with E-state index >= 15 is 0 Å². The molecule has 0 aliphatic carbocycles. The SMILES string of the molecule is COCC(NC(=O)N1CC(=O)Nc2cc(-c3cnn(C)c3)cnc21)c1ccc(OC(F)(F)F)cc1. The predicted molar refractivity (Wildman–Crippen MR) is 119 cm³/mol. The van der Waals surface area contributed by atoms with Crippen molar-refractivity contribution in [3.05, 3.63) is 54.5 Å². The molecule has 1 aliphatic rings. The van der Waals surface area contributed by atoms with Gasteiger partial charge in [0, 0.05) is 37.7 Å². The standard InChI is InChI=1S/C22H21F3N6O4/c1-30-10-15(9-27-30)14-7-17-20(26-8-14)31(11-19(32)28-17)21(33)29-18(12-34-2)13-3-5-16(6-4-13)35-22(23,24)25/h3-10,18H,11-12H2,1-2H3,(H,28,32)(H,29,33). The van der Waals surface area contributed by atoms with Crippen LogP contribution in [0.2, 0.25) is 0 Å². The van der Waals surface area contributed by atoms with Gasteiger partial charge in [0.15, 0.2) is 5.82 Å². The number of aryl methyl sites for hydroxylation is 1. The van der Waals surface area contributed by atoms with E-state index in [9.17, 15) is 22.8 Å². The van der Waals surface area contributed by atoms with E-state index in [1.165, 1.54) is 24.1 Å². The van der Waals surface area contributed by atoms with Gasteiger partial charge in [0.2, 0.25) is 5.91 Å². The summed E-state index contributed by atoms with van der Waals surface area (Å²) in [4.78, 5) is 31.0. The first kappa shape index (κ1) is 24.0. The summed E-state index contributed by atoms with van der Waals surface area (Å²) in [5, 5.41) is 9.58. The van der Waals surface area contributed by atoms with E-state index in [4.69, 9.17) is 4.74 Å². The van der Waals surface area contributed by atoms with E-state index in [0.717, 1.165) is 17.7 Å². The van der Waals surface area contributed by atoms with Gasteiger partial charge < -0.3 is 20.1 Å². The second-order valence-corrected chi connectivity index (χ2v) is 7.71. The van der Waals surface area contributed by atoms with Gasteiger partial charge in [-0.15, -0.1) is 13.2 Å². The van der Waals surface area contributed by atoms with Crippen molar-refractivity contribution in [1.82, 2.24) is 20.1 Å². The highest BCUT2D eigenvalue weighted by molar-refractivity contribution is 6.09. The van der Waals surface area contributed by atoms with Crippen LogP contribution in [0.15, 0.2) is 48.9 Å². The number of anilines is 2. The molecule has 1 aromatic carbocycles. The van der Waals surface area contributed by atoms with Gasteiger partial charge >= 0.3 is 12.4 Å². The quantitative estimate of drug-likeness (QED) is 0.549. The van der Waals surface area contributed by atoms with E-state index < -0.39 is 24.3 Å². The number of hydrogen-bond donors (Lipinski definition) is 2. The second kappa shape index (κ2) is 9.62. The number of methoxy groups -OCH3 is 1. The fraction of sp³-hybridized carbons (Fsp3) is 0.273. The van der Waals surface area contributed by atoms with Crippen LogP contribution in [0.5, 0.6) is 5.75 Å². The minimum atomic E-state index is -4.81. The van der Waals surface area contributed by atoms with E-state index in [1.54, 1.807) is 36.4 Å². The number of nitrogens with one attached hydrogen (secondary N) is 2. The van der Waals surface area contributed by atoms with E-state index in [-0.39, 0.29) is 24.7 Å². The van der Waals surface area contributed by atoms with Crippen molar-refractivity contribution in [2.24, 2.45) is 7.05 Å². The Morgan fingerprint density at radius 1 is 1.23 bits per heavy atom. The van der Waals surface area contributed by atoms with Crippen LogP contribution in [0.25, 0.3) is 11.1 Å². The third kappa shape index (κ3) is 5.69. The zero-order valence-corrected chi connectivity index (χ0v) is 18.7. The van der Waals surface area contributed by atoms with Crippen LogP contribution in [0.3, 0.4) is 0 Å². The van der Waals surface area contributed by atoms with Crippen molar-refractivity contribution in [3.8, 4) is 16.9 Å². The smallest absolute Gasteiger partial charge is 0.406 e. The lowest BCUT2D eigenvalue weighted by atomic mass is 10.1. The Kier molecular flexibility index (Phi) is 6.60. The number of fused-ring (bicyclic) bond motifs is 1. The number of alkyl halides is 3. The molecule has 0 radical (unpaired) electrons. The van der Waals surface area contributed by atoms with Crippen molar-refractivity contribution in [1.29, 1.82) is 0 Å². The number of benzene rings is 1. The summed E-state index contributed by atoms with van der Waals surface area (Å²) < 4.78 is 48.0. The van der Waals surface area contributed by atoms with Gasteiger partial charge in [-0.3, -0.25) is 14.4 Å². The summed E-state index contributed by atoms with van der Waals surface area (Å²) in [5.41, 5.74) is 2.33. The number of rotatable bonds is 6. The average Bonchev–Trinajstić information content (AvgIpc) is 3.23. The van der Waals surface area contributed by atoms with E-state index in [1.807, 2.05) is 0 Å². The number of hydrogen-bond acceptors (Lipinski definition) is 6. The molecule has 3 amide bonds. The third-order valence-corrected chi connectivity index (χ3v) is 5.13. The van der Waals surface area contributed by atoms with Gasteiger partial charge in [0.25, 0.3) is 0 Å². The topological polar surface area (TPSA) is 111 Å². The van der Waals surface area contributed by atoms with Crippen LogP contribution in [0.4, 0.5) is 29.5 Å². The first-order valence-corrected chi connectivity index (χ1v) is 10.3. The molecule has 1 atom stereocenters. The Labute approximate surface area is 197 Å². The molecule has 1 aliphatic heterocycles. The van der Waals surface area contributed by atoms with E-state index in [0.29, 0.717) is 16.8 Å². The molecule has 13 heteroatoms. The normalized spacial score (nSPS) is 14.2. The maximum Gasteiger partial charge on any atom is 0.573 e. The summed E-state index contributed by atoms with van der Waals surface area (Å²) in [7, 11) is 3.20. The Morgan fingerprint density at radius 3 is 2.60 bits per heavy atom. The van der Waals surface area contributed by atoms with Crippen molar-refractivity contribution >= 4 is 23.4 Å². The highest BCUT2D eigenvalue weighted by atomic mass is 19.4. The summed E-state index contributed by atoms with van der Waals surface area (Å²) >= 11 is 0. The second-order valence-electron chi connectivity index (χ2n) is 7.71. The monoisotopic (exact) mass is 490 g/mol. The molecule has 2 aromatic heterocycles. The molecule has 35 heavy (non-hydrogen) atoms. The summed E-state index contributed by atoms with van der Waals surface area (Å²) in [5.74, 6) is -0.548. The van der Waals surface area contributed by atoms with Crippen LogP contribution in [0, 0.1) is 0 Å². The largest absolute Gasteiger partial charge is 0.573 e. The van der Waals surface area contributed by atoms with Gasteiger partial charge in [-0.1, -0.05) is 12.1 Å².